The number of aromatic nitrogens is 1. The molecule has 1 heterocycles. The molecule has 2 rings (SSSR count). The molecule has 0 atom stereocenters. The number of amides is 2. The third-order valence-electron chi connectivity index (χ3n) is 3.62. The number of aryl methyl sites for hydroxylation is 1. The molecule has 6 nitrogen and oxygen atoms in total. The second kappa shape index (κ2) is 7.78. The predicted molar refractivity (Wildman–Crippen MR) is 90.3 cm³/mol. The van der Waals surface area contributed by atoms with Gasteiger partial charge in [-0.05, 0) is 31.2 Å². The zero-order valence-corrected chi connectivity index (χ0v) is 14.1. The number of ether oxygens (including phenoxy) is 1. The second-order valence-corrected chi connectivity index (χ2v) is 5.27. The summed E-state index contributed by atoms with van der Waals surface area (Å²) in [6, 6.07) is 7.45. The molecule has 134 valence electrons. The highest BCUT2D eigenvalue weighted by molar-refractivity contribution is 6.06. The summed E-state index contributed by atoms with van der Waals surface area (Å²) in [6.07, 6.45) is 0.257. The molecular formula is C17H19F2N3O3. The Bertz CT molecular complexity index is 787. The Kier molecular flexibility index (Phi) is 5.74. The van der Waals surface area contributed by atoms with Crippen molar-refractivity contribution in [1.29, 1.82) is 0 Å². The monoisotopic (exact) mass is 351 g/mol. The second-order valence-electron chi connectivity index (χ2n) is 5.27. The van der Waals surface area contributed by atoms with Crippen LogP contribution >= 0.6 is 0 Å². The molecule has 25 heavy (non-hydrogen) atoms. The first-order valence-corrected chi connectivity index (χ1v) is 7.62. The molecule has 0 aliphatic heterocycles. The number of benzene rings is 1. The third-order valence-corrected chi connectivity index (χ3v) is 3.62. The summed E-state index contributed by atoms with van der Waals surface area (Å²) in [6.45, 7) is 0.344. The molecule has 0 bridgehead atoms. The van der Waals surface area contributed by atoms with Gasteiger partial charge in [-0.15, -0.1) is 0 Å². The van der Waals surface area contributed by atoms with E-state index in [4.69, 9.17) is 4.74 Å². The van der Waals surface area contributed by atoms with Crippen LogP contribution in [0.25, 0.3) is 0 Å². The van der Waals surface area contributed by atoms with E-state index in [1.54, 1.807) is 19.1 Å². The van der Waals surface area contributed by atoms with Crippen molar-refractivity contribution < 1.29 is 23.1 Å². The highest BCUT2D eigenvalue weighted by Gasteiger charge is 2.20. The molecule has 0 saturated heterocycles. The highest BCUT2D eigenvalue weighted by atomic mass is 19.3. The normalized spacial score (nSPS) is 10.6. The lowest BCUT2D eigenvalue weighted by molar-refractivity contribution is -0.115. The number of carbonyl (C=O) groups excluding carboxylic acids is 2. The summed E-state index contributed by atoms with van der Waals surface area (Å²) in [4.78, 5) is 24.1. The number of alkyl halides is 2. The number of anilines is 2. The molecule has 0 aliphatic carbocycles. The Balaban J connectivity index is 2.35. The molecule has 1 aromatic carbocycles. The van der Waals surface area contributed by atoms with E-state index in [0.717, 1.165) is 0 Å². The van der Waals surface area contributed by atoms with Crippen LogP contribution < -0.4 is 15.4 Å². The van der Waals surface area contributed by atoms with E-state index in [1.807, 2.05) is 0 Å². The van der Waals surface area contributed by atoms with Crippen LogP contribution in [0.2, 0.25) is 0 Å². The van der Waals surface area contributed by atoms with E-state index in [0.29, 0.717) is 16.0 Å². The lowest BCUT2D eigenvalue weighted by Gasteiger charge is -2.15. The lowest BCUT2D eigenvalue weighted by Crippen LogP contribution is -2.20. The van der Waals surface area contributed by atoms with Crippen LogP contribution in [-0.2, 0) is 4.79 Å². The van der Waals surface area contributed by atoms with Crippen molar-refractivity contribution in [3.05, 3.63) is 41.7 Å². The predicted octanol–water partition coefficient (Wildman–Crippen LogP) is 3.80. The number of halogens is 2. The standard InChI is InChI=1S/C17H19F2N3O3/c1-4-15(23)20-12-7-6-11(25-3)9-13(12)21-16(24)14-8-5-10(2)22(14)17(18)19/h5-9,17H,4H2,1-3H3,(H,20,23)(H,21,24). The van der Waals surface area contributed by atoms with E-state index in [-0.39, 0.29) is 29.4 Å². The van der Waals surface area contributed by atoms with Crippen LogP contribution in [0.5, 0.6) is 5.75 Å². The summed E-state index contributed by atoms with van der Waals surface area (Å²) in [7, 11) is 1.45. The Hall–Kier alpha value is -2.90. The molecule has 2 aromatic rings. The fourth-order valence-electron chi connectivity index (χ4n) is 2.28. The summed E-state index contributed by atoms with van der Waals surface area (Å²) >= 11 is 0. The van der Waals surface area contributed by atoms with Gasteiger partial charge in [-0.3, -0.25) is 14.2 Å². The number of rotatable bonds is 6. The van der Waals surface area contributed by atoms with Crippen LogP contribution in [-0.4, -0.2) is 23.5 Å². The minimum atomic E-state index is -2.83. The Labute approximate surface area is 143 Å². The van der Waals surface area contributed by atoms with Crippen molar-refractivity contribution in [2.45, 2.75) is 26.8 Å². The molecule has 0 radical (unpaired) electrons. The van der Waals surface area contributed by atoms with Crippen molar-refractivity contribution in [1.82, 2.24) is 4.57 Å². The third kappa shape index (κ3) is 4.14. The average molecular weight is 351 g/mol. The van der Waals surface area contributed by atoms with Crippen molar-refractivity contribution in [3.63, 3.8) is 0 Å². The topological polar surface area (TPSA) is 72.4 Å². The Morgan fingerprint density at radius 2 is 1.88 bits per heavy atom. The maximum atomic E-state index is 13.1. The average Bonchev–Trinajstić information content (AvgIpc) is 2.98. The fraction of sp³-hybridized carbons (Fsp3) is 0.294. The van der Waals surface area contributed by atoms with E-state index in [9.17, 15) is 18.4 Å². The molecule has 8 heteroatoms. The maximum Gasteiger partial charge on any atom is 0.319 e. The van der Waals surface area contributed by atoms with E-state index < -0.39 is 12.5 Å². The molecule has 2 amide bonds. The zero-order valence-electron chi connectivity index (χ0n) is 14.1. The quantitative estimate of drug-likeness (QED) is 0.831. The maximum absolute atomic E-state index is 13.1. The molecule has 0 fully saturated rings. The number of nitrogens with zero attached hydrogens (tertiary/aromatic N) is 1. The van der Waals surface area contributed by atoms with Gasteiger partial charge in [0.15, 0.2) is 0 Å². The van der Waals surface area contributed by atoms with Crippen LogP contribution in [0.3, 0.4) is 0 Å². The summed E-state index contributed by atoms with van der Waals surface area (Å²) in [5, 5.41) is 5.20. The SMILES string of the molecule is CCC(=O)Nc1ccc(OC)cc1NC(=O)c1ccc(C)n1C(F)F. The van der Waals surface area contributed by atoms with E-state index >= 15 is 0 Å². The van der Waals surface area contributed by atoms with Crippen molar-refractivity contribution >= 4 is 23.2 Å². The van der Waals surface area contributed by atoms with Gasteiger partial charge in [0.1, 0.15) is 11.4 Å². The molecule has 0 unspecified atom stereocenters. The summed E-state index contributed by atoms with van der Waals surface area (Å²) in [5.41, 5.74) is 0.701. The van der Waals surface area contributed by atoms with E-state index in [2.05, 4.69) is 10.6 Å². The smallest absolute Gasteiger partial charge is 0.319 e. The number of methoxy groups -OCH3 is 1. The highest BCUT2D eigenvalue weighted by Crippen LogP contribution is 2.28. The first-order valence-electron chi connectivity index (χ1n) is 7.62. The zero-order chi connectivity index (χ0) is 18.6. The number of hydrogen-bond donors (Lipinski definition) is 2. The van der Waals surface area contributed by atoms with Gasteiger partial charge < -0.3 is 15.4 Å². The molecule has 0 saturated carbocycles. The van der Waals surface area contributed by atoms with Gasteiger partial charge in [0.05, 0.1) is 18.5 Å². The van der Waals surface area contributed by atoms with Gasteiger partial charge in [-0.25, -0.2) is 0 Å². The van der Waals surface area contributed by atoms with Gasteiger partial charge in [-0.2, -0.15) is 8.78 Å². The van der Waals surface area contributed by atoms with Crippen LogP contribution in [0.4, 0.5) is 20.2 Å². The van der Waals surface area contributed by atoms with Crippen molar-refractivity contribution in [3.8, 4) is 5.75 Å². The fourth-order valence-corrected chi connectivity index (χ4v) is 2.28. The van der Waals surface area contributed by atoms with Gasteiger partial charge in [-0.1, -0.05) is 6.92 Å². The minimum Gasteiger partial charge on any atom is -0.497 e. The molecular weight excluding hydrogens is 332 g/mol. The lowest BCUT2D eigenvalue weighted by atomic mass is 10.2. The molecule has 2 N–H and O–H groups in total. The van der Waals surface area contributed by atoms with Crippen molar-refractivity contribution in [2.24, 2.45) is 0 Å². The summed E-state index contributed by atoms with van der Waals surface area (Å²) in [5.74, 6) is -0.508. The summed E-state index contributed by atoms with van der Waals surface area (Å²) < 4.78 is 32.0. The van der Waals surface area contributed by atoms with Crippen LogP contribution in [0, 0.1) is 6.92 Å². The minimum absolute atomic E-state index is 0.178. The Morgan fingerprint density at radius 3 is 2.48 bits per heavy atom. The van der Waals surface area contributed by atoms with Gasteiger partial charge in [0.2, 0.25) is 5.91 Å². The largest absolute Gasteiger partial charge is 0.497 e. The molecule has 0 spiro atoms. The number of hydrogen-bond acceptors (Lipinski definition) is 3. The molecule has 1 aromatic heterocycles. The van der Waals surface area contributed by atoms with Crippen molar-refractivity contribution in [2.75, 3.05) is 17.7 Å². The number of carbonyl (C=O) groups is 2. The van der Waals surface area contributed by atoms with Gasteiger partial charge in [0.25, 0.3) is 5.91 Å². The van der Waals surface area contributed by atoms with Crippen LogP contribution in [0.15, 0.2) is 30.3 Å². The number of nitrogens with one attached hydrogen (secondary N) is 2. The molecule has 0 aliphatic rings. The van der Waals surface area contributed by atoms with E-state index in [1.165, 1.54) is 32.2 Å². The van der Waals surface area contributed by atoms with Gasteiger partial charge in [0, 0.05) is 18.2 Å². The first-order chi connectivity index (χ1) is 11.9. The van der Waals surface area contributed by atoms with Gasteiger partial charge >= 0.3 is 6.55 Å². The first kappa shape index (κ1) is 18.4. The van der Waals surface area contributed by atoms with Crippen LogP contribution in [0.1, 0.15) is 36.1 Å². The Morgan fingerprint density at radius 1 is 1.16 bits per heavy atom.